The minimum atomic E-state index is -0.606. The highest BCUT2D eigenvalue weighted by atomic mass is 79.9. The van der Waals surface area contributed by atoms with Crippen LogP contribution in [0.1, 0.15) is 34.7 Å². The van der Waals surface area contributed by atoms with E-state index >= 15 is 0 Å². The molecule has 0 aromatic heterocycles. The third-order valence-corrected chi connectivity index (χ3v) is 5.07. The summed E-state index contributed by atoms with van der Waals surface area (Å²) < 4.78 is 28.4. The minimum Gasteiger partial charge on any atom is -0.356 e. The quantitative estimate of drug-likeness (QED) is 0.649. The van der Waals surface area contributed by atoms with Crippen LogP contribution < -0.4 is 10.6 Å². The van der Waals surface area contributed by atoms with Crippen molar-refractivity contribution in [3.8, 4) is 0 Å². The zero-order valence-electron chi connectivity index (χ0n) is 14.5. The Balaban J connectivity index is 1.37. The van der Waals surface area contributed by atoms with Crippen molar-refractivity contribution in [1.82, 2.24) is 10.6 Å². The van der Waals surface area contributed by atoms with Gasteiger partial charge in [-0.2, -0.15) is 0 Å². The molecule has 2 aromatic carbocycles. The predicted octanol–water partition coefficient (Wildman–Crippen LogP) is 3.77. The first-order chi connectivity index (χ1) is 13.0. The zero-order valence-corrected chi connectivity index (χ0v) is 16.1. The maximum atomic E-state index is 13.8. The highest BCUT2D eigenvalue weighted by Crippen LogP contribution is 2.49. The Morgan fingerprint density at radius 3 is 2.30 bits per heavy atom. The summed E-state index contributed by atoms with van der Waals surface area (Å²) in [6.07, 6.45) is 1.02. The Hall–Kier alpha value is -2.28. The van der Waals surface area contributed by atoms with Crippen molar-refractivity contribution < 1.29 is 18.4 Å². The van der Waals surface area contributed by atoms with Crippen LogP contribution in [0.4, 0.5) is 8.78 Å². The number of hydrogen-bond acceptors (Lipinski definition) is 2. The van der Waals surface area contributed by atoms with Crippen molar-refractivity contribution in [2.75, 3.05) is 13.1 Å². The molecule has 2 atom stereocenters. The number of hydrogen-bond donors (Lipinski definition) is 2. The van der Waals surface area contributed by atoms with E-state index in [1.54, 1.807) is 24.3 Å². The molecule has 1 saturated carbocycles. The number of halogens is 3. The summed E-state index contributed by atoms with van der Waals surface area (Å²) in [4.78, 5) is 24.1. The van der Waals surface area contributed by atoms with E-state index in [2.05, 4.69) is 26.6 Å². The van der Waals surface area contributed by atoms with Crippen molar-refractivity contribution >= 4 is 27.7 Å². The molecule has 27 heavy (non-hydrogen) atoms. The van der Waals surface area contributed by atoms with Crippen LogP contribution >= 0.6 is 15.9 Å². The Morgan fingerprint density at radius 2 is 1.63 bits per heavy atom. The van der Waals surface area contributed by atoms with E-state index in [0.717, 1.165) is 4.47 Å². The van der Waals surface area contributed by atoms with Gasteiger partial charge in [0.05, 0.1) is 0 Å². The maximum absolute atomic E-state index is 13.8. The Kier molecular flexibility index (Phi) is 6.21. The third kappa shape index (κ3) is 4.91. The third-order valence-electron chi connectivity index (χ3n) is 4.54. The van der Waals surface area contributed by atoms with Crippen LogP contribution in [-0.2, 0) is 4.79 Å². The van der Waals surface area contributed by atoms with E-state index in [0.29, 0.717) is 31.5 Å². The molecule has 0 saturated heterocycles. The average molecular weight is 437 g/mol. The van der Waals surface area contributed by atoms with Gasteiger partial charge in [0.2, 0.25) is 5.91 Å². The molecule has 7 heteroatoms. The largest absolute Gasteiger partial charge is 0.356 e. The standard InChI is InChI=1S/C20H19BrF2N2O2/c21-13-7-5-12(6-8-13)19(26)24-9-2-10-25-20(27)15-11-14(15)18-16(22)3-1-4-17(18)23/h1,3-8,14-15H,2,9-11H2,(H,24,26)(H,25,27). The highest BCUT2D eigenvalue weighted by molar-refractivity contribution is 9.10. The van der Waals surface area contributed by atoms with Gasteiger partial charge in [-0.3, -0.25) is 9.59 Å². The van der Waals surface area contributed by atoms with Crippen LogP contribution in [0.3, 0.4) is 0 Å². The van der Waals surface area contributed by atoms with E-state index in [-0.39, 0.29) is 17.4 Å². The first-order valence-electron chi connectivity index (χ1n) is 8.72. The van der Waals surface area contributed by atoms with Gasteiger partial charge in [-0.1, -0.05) is 22.0 Å². The van der Waals surface area contributed by atoms with Crippen molar-refractivity contribution in [3.63, 3.8) is 0 Å². The number of rotatable bonds is 7. The SMILES string of the molecule is O=C(NCCCNC(=O)C1CC1c1c(F)cccc1F)c1ccc(Br)cc1. The Labute approximate surface area is 164 Å². The summed E-state index contributed by atoms with van der Waals surface area (Å²) in [6.45, 7) is 0.813. The lowest BCUT2D eigenvalue weighted by molar-refractivity contribution is -0.122. The molecule has 1 fully saturated rings. The van der Waals surface area contributed by atoms with Crippen LogP contribution in [0, 0.1) is 17.6 Å². The van der Waals surface area contributed by atoms with Gasteiger partial charge in [0.25, 0.3) is 5.91 Å². The topological polar surface area (TPSA) is 58.2 Å². The van der Waals surface area contributed by atoms with Crippen LogP contribution in [0.2, 0.25) is 0 Å². The molecule has 1 aliphatic rings. The van der Waals surface area contributed by atoms with Crippen LogP contribution in [0.5, 0.6) is 0 Å². The van der Waals surface area contributed by atoms with Gasteiger partial charge >= 0.3 is 0 Å². The maximum Gasteiger partial charge on any atom is 0.251 e. The monoisotopic (exact) mass is 436 g/mol. The van der Waals surface area contributed by atoms with Crippen molar-refractivity contribution in [1.29, 1.82) is 0 Å². The lowest BCUT2D eigenvalue weighted by Gasteiger charge is -2.08. The summed E-state index contributed by atoms with van der Waals surface area (Å²) in [5.74, 6) is -2.39. The van der Waals surface area contributed by atoms with Gasteiger partial charge in [0.15, 0.2) is 0 Å². The molecule has 0 aliphatic heterocycles. The average Bonchev–Trinajstić information content (AvgIpc) is 3.42. The van der Waals surface area contributed by atoms with Crippen LogP contribution in [0.15, 0.2) is 46.9 Å². The smallest absolute Gasteiger partial charge is 0.251 e. The minimum absolute atomic E-state index is 0.000545. The van der Waals surface area contributed by atoms with E-state index in [1.807, 2.05) is 0 Å². The van der Waals surface area contributed by atoms with E-state index in [1.165, 1.54) is 18.2 Å². The molecule has 3 rings (SSSR count). The second-order valence-electron chi connectivity index (χ2n) is 6.49. The molecule has 0 heterocycles. The number of benzene rings is 2. The molecule has 4 nitrogen and oxygen atoms in total. The van der Waals surface area contributed by atoms with E-state index in [9.17, 15) is 18.4 Å². The number of carbonyl (C=O) groups is 2. The summed E-state index contributed by atoms with van der Waals surface area (Å²) in [5.41, 5.74) is 0.564. The van der Waals surface area contributed by atoms with E-state index in [4.69, 9.17) is 0 Å². The fraction of sp³-hybridized carbons (Fsp3) is 0.300. The zero-order chi connectivity index (χ0) is 19.4. The number of carbonyl (C=O) groups excluding carboxylic acids is 2. The molecule has 142 valence electrons. The van der Waals surface area contributed by atoms with E-state index < -0.39 is 23.5 Å². The molecule has 0 radical (unpaired) electrons. The molecular weight excluding hydrogens is 418 g/mol. The number of amides is 2. The van der Waals surface area contributed by atoms with Crippen LogP contribution in [-0.4, -0.2) is 24.9 Å². The number of nitrogens with one attached hydrogen (secondary N) is 2. The Morgan fingerprint density at radius 1 is 1.00 bits per heavy atom. The molecule has 1 aliphatic carbocycles. The first kappa shape index (κ1) is 19.5. The molecule has 0 bridgehead atoms. The van der Waals surface area contributed by atoms with Gasteiger partial charge in [-0.15, -0.1) is 0 Å². The molecule has 0 spiro atoms. The van der Waals surface area contributed by atoms with Gasteiger partial charge in [0.1, 0.15) is 11.6 Å². The van der Waals surface area contributed by atoms with Gasteiger partial charge in [-0.05, 0) is 49.2 Å². The molecule has 2 N–H and O–H groups in total. The second kappa shape index (κ2) is 8.61. The molecule has 2 amide bonds. The molecular formula is C20H19BrF2N2O2. The normalized spacial score (nSPS) is 18.0. The summed E-state index contributed by atoms with van der Waals surface area (Å²) in [6, 6.07) is 10.7. The fourth-order valence-electron chi connectivity index (χ4n) is 3.01. The molecule has 2 unspecified atom stereocenters. The summed E-state index contributed by atoms with van der Waals surface area (Å²) >= 11 is 3.31. The van der Waals surface area contributed by atoms with Gasteiger partial charge in [-0.25, -0.2) is 8.78 Å². The van der Waals surface area contributed by atoms with Crippen molar-refractivity contribution in [2.24, 2.45) is 5.92 Å². The van der Waals surface area contributed by atoms with Gasteiger partial charge < -0.3 is 10.6 Å². The van der Waals surface area contributed by atoms with Gasteiger partial charge in [0, 0.05) is 40.5 Å². The first-order valence-corrected chi connectivity index (χ1v) is 9.52. The van der Waals surface area contributed by atoms with Crippen molar-refractivity contribution in [3.05, 3.63) is 69.7 Å². The van der Waals surface area contributed by atoms with Crippen molar-refractivity contribution in [2.45, 2.75) is 18.8 Å². The highest BCUT2D eigenvalue weighted by Gasteiger charge is 2.46. The molecule has 2 aromatic rings. The lowest BCUT2D eigenvalue weighted by Crippen LogP contribution is -2.30. The lowest BCUT2D eigenvalue weighted by atomic mass is 10.1. The summed E-state index contributed by atoms with van der Waals surface area (Å²) in [5, 5.41) is 5.54. The Bertz CT molecular complexity index is 822. The van der Waals surface area contributed by atoms with Crippen LogP contribution in [0.25, 0.3) is 0 Å². The predicted molar refractivity (Wildman–Crippen MR) is 101 cm³/mol. The second-order valence-corrected chi connectivity index (χ2v) is 7.41. The summed E-state index contributed by atoms with van der Waals surface area (Å²) in [7, 11) is 0. The fourth-order valence-corrected chi connectivity index (χ4v) is 3.27.